The topological polar surface area (TPSA) is 101 Å². The highest BCUT2D eigenvalue weighted by atomic mass is 16.2. The first-order valence-corrected chi connectivity index (χ1v) is 4.45. The van der Waals surface area contributed by atoms with Gasteiger partial charge >= 0.3 is 0 Å². The third kappa shape index (κ3) is 3.04. The molecule has 0 spiro atoms. The summed E-state index contributed by atoms with van der Waals surface area (Å²) in [7, 11) is 0. The van der Waals surface area contributed by atoms with Crippen molar-refractivity contribution in [3.05, 3.63) is 0 Å². The summed E-state index contributed by atoms with van der Waals surface area (Å²) in [6.07, 6.45) is 1.02. The molecule has 1 fully saturated rings. The van der Waals surface area contributed by atoms with Crippen molar-refractivity contribution >= 4 is 17.7 Å². The van der Waals surface area contributed by atoms with E-state index in [0.29, 0.717) is 12.8 Å². The smallest absolute Gasteiger partial charge is 0.242 e. The minimum Gasteiger partial charge on any atom is -0.370 e. The lowest BCUT2D eigenvalue weighted by molar-refractivity contribution is -0.126. The monoisotopic (exact) mass is 199 g/mol. The standard InChI is InChI=1S/C8H13N3O3/c9-6(12)3-4-10-8(14)5-1-2-7(13)11-5/h5H,1-4H2,(H2,9,12)(H,10,14)(H,11,13). The highest BCUT2D eigenvalue weighted by molar-refractivity contribution is 5.90. The van der Waals surface area contributed by atoms with Crippen LogP contribution in [0.15, 0.2) is 0 Å². The highest BCUT2D eigenvalue weighted by Gasteiger charge is 2.26. The molecule has 1 atom stereocenters. The fourth-order valence-electron chi connectivity index (χ4n) is 1.24. The molecule has 1 saturated heterocycles. The zero-order valence-electron chi connectivity index (χ0n) is 7.71. The van der Waals surface area contributed by atoms with Gasteiger partial charge in [0.25, 0.3) is 0 Å². The van der Waals surface area contributed by atoms with Gasteiger partial charge < -0.3 is 16.4 Å². The predicted octanol–water partition coefficient (Wildman–Crippen LogP) is -1.74. The van der Waals surface area contributed by atoms with Crippen LogP contribution < -0.4 is 16.4 Å². The van der Waals surface area contributed by atoms with Crippen LogP contribution in [0.3, 0.4) is 0 Å². The lowest BCUT2D eigenvalue weighted by Crippen LogP contribution is -2.42. The highest BCUT2D eigenvalue weighted by Crippen LogP contribution is 2.05. The van der Waals surface area contributed by atoms with Gasteiger partial charge in [0.05, 0.1) is 0 Å². The van der Waals surface area contributed by atoms with Crippen LogP contribution in [0.25, 0.3) is 0 Å². The van der Waals surface area contributed by atoms with Crippen LogP contribution in [0.4, 0.5) is 0 Å². The second-order valence-corrected chi connectivity index (χ2v) is 3.17. The SMILES string of the molecule is NC(=O)CCNC(=O)C1CCC(=O)N1. The molecule has 6 heteroatoms. The molecule has 1 rings (SSSR count). The van der Waals surface area contributed by atoms with Crippen molar-refractivity contribution < 1.29 is 14.4 Å². The van der Waals surface area contributed by atoms with Gasteiger partial charge in [-0.25, -0.2) is 0 Å². The van der Waals surface area contributed by atoms with E-state index in [2.05, 4.69) is 10.6 Å². The number of nitrogens with one attached hydrogen (secondary N) is 2. The quantitative estimate of drug-likeness (QED) is 0.500. The van der Waals surface area contributed by atoms with E-state index in [1.807, 2.05) is 0 Å². The maximum atomic E-state index is 11.3. The summed E-state index contributed by atoms with van der Waals surface area (Å²) >= 11 is 0. The zero-order valence-corrected chi connectivity index (χ0v) is 7.71. The minimum atomic E-state index is -0.458. The third-order valence-electron chi connectivity index (χ3n) is 1.98. The second kappa shape index (κ2) is 4.59. The van der Waals surface area contributed by atoms with Gasteiger partial charge in [0.1, 0.15) is 6.04 Å². The van der Waals surface area contributed by atoms with Crippen molar-refractivity contribution in [3.8, 4) is 0 Å². The van der Waals surface area contributed by atoms with Gasteiger partial charge in [-0.1, -0.05) is 0 Å². The lowest BCUT2D eigenvalue weighted by Gasteiger charge is -2.09. The minimum absolute atomic E-state index is 0.111. The first-order valence-electron chi connectivity index (χ1n) is 4.45. The Bertz CT molecular complexity index is 265. The molecule has 3 amide bonds. The Morgan fingerprint density at radius 3 is 2.79 bits per heavy atom. The molecule has 0 aliphatic carbocycles. The van der Waals surface area contributed by atoms with E-state index in [0.717, 1.165) is 0 Å². The van der Waals surface area contributed by atoms with Crippen LogP contribution >= 0.6 is 0 Å². The molecule has 0 saturated carbocycles. The molecule has 0 radical (unpaired) electrons. The maximum Gasteiger partial charge on any atom is 0.242 e. The average Bonchev–Trinajstić information content (AvgIpc) is 2.51. The summed E-state index contributed by atoms with van der Waals surface area (Å²) in [6, 6.07) is -0.449. The molecule has 1 unspecified atom stereocenters. The summed E-state index contributed by atoms with van der Waals surface area (Å²) < 4.78 is 0. The van der Waals surface area contributed by atoms with E-state index in [-0.39, 0.29) is 24.8 Å². The van der Waals surface area contributed by atoms with Crippen LogP contribution in [0.1, 0.15) is 19.3 Å². The van der Waals surface area contributed by atoms with Crippen LogP contribution in [0, 0.1) is 0 Å². The van der Waals surface area contributed by atoms with Crippen LogP contribution in [-0.2, 0) is 14.4 Å². The Morgan fingerprint density at radius 2 is 2.29 bits per heavy atom. The molecule has 78 valence electrons. The molecule has 0 aromatic carbocycles. The molecule has 1 aliphatic rings. The Labute approximate surface area is 81.2 Å². The van der Waals surface area contributed by atoms with Gasteiger partial charge in [-0.15, -0.1) is 0 Å². The number of hydrogen-bond donors (Lipinski definition) is 3. The normalized spacial score (nSPS) is 20.3. The van der Waals surface area contributed by atoms with E-state index in [9.17, 15) is 14.4 Å². The Morgan fingerprint density at radius 1 is 1.57 bits per heavy atom. The Hall–Kier alpha value is -1.59. The van der Waals surface area contributed by atoms with Crippen molar-refractivity contribution in [3.63, 3.8) is 0 Å². The summed E-state index contributed by atoms with van der Waals surface area (Å²) in [5.41, 5.74) is 4.89. The van der Waals surface area contributed by atoms with E-state index >= 15 is 0 Å². The average molecular weight is 199 g/mol. The lowest BCUT2D eigenvalue weighted by atomic mass is 10.2. The van der Waals surface area contributed by atoms with E-state index in [1.165, 1.54) is 0 Å². The van der Waals surface area contributed by atoms with Gasteiger partial charge in [-0.05, 0) is 6.42 Å². The number of nitrogens with two attached hydrogens (primary N) is 1. The molecule has 4 N–H and O–H groups in total. The van der Waals surface area contributed by atoms with Crippen molar-refractivity contribution in [2.24, 2.45) is 5.73 Å². The number of primary amides is 1. The largest absolute Gasteiger partial charge is 0.370 e. The molecular formula is C8H13N3O3. The number of carbonyl (C=O) groups excluding carboxylic acids is 3. The van der Waals surface area contributed by atoms with Gasteiger partial charge in [0.2, 0.25) is 17.7 Å². The zero-order chi connectivity index (χ0) is 10.6. The van der Waals surface area contributed by atoms with Crippen molar-refractivity contribution in [2.45, 2.75) is 25.3 Å². The van der Waals surface area contributed by atoms with Gasteiger partial charge in [-0.3, -0.25) is 14.4 Å². The number of carbonyl (C=O) groups is 3. The van der Waals surface area contributed by atoms with Crippen LogP contribution in [0.2, 0.25) is 0 Å². The van der Waals surface area contributed by atoms with Gasteiger partial charge in [0, 0.05) is 19.4 Å². The summed E-state index contributed by atoms with van der Waals surface area (Å²) in [4.78, 5) is 32.4. The fraction of sp³-hybridized carbons (Fsp3) is 0.625. The van der Waals surface area contributed by atoms with Gasteiger partial charge in [0.15, 0.2) is 0 Å². The van der Waals surface area contributed by atoms with Crippen molar-refractivity contribution in [1.29, 1.82) is 0 Å². The molecule has 6 nitrogen and oxygen atoms in total. The first kappa shape index (κ1) is 10.5. The third-order valence-corrected chi connectivity index (χ3v) is 1.98. The maximum absolute atomic E-state index is 11.3. The summed E-state index contributed by atoms with van der Waals surface area (Å²) in [5.74, 6) is -0.821. The number of amides is 3. The molecule has 14 heavy (non-hydrogen) atoms. The molecule has 0 bridgehead atoms. The van der Waals surface area contributed by atoms with Gasteiger partial charge in [-0.2, -0.15) is 0 Å². The summed E-state index contributed by atoms with van der Waals surface area (Å²) in [5, 5.41) is 5.05. The Kier molecular flexibility index (Phi) is 3.44. The van der Waals surface area contributed by atoms with Crippen LogP contribution in [0.5, 0.6) is 0 Å². The molecule has 0 aromatic heterocycles. The van der Waals surface area contributed by atoms with Crippen LogP contribution in [-0.4, -0.2) is 30.3 Å². The molecule has 0 aromatic rings. The Balaban J connectivity index is 2.22. The number of rotatable bonds is 4. The first-order chi connectivity index (χ1) is 6.59. The molecule has 1 aliphatic heterocycles. The number of hydrogen-bond acceptors (Lipinski definition) is 3. The molecule has 1 heterocycles. The van der Waals surface area contributed by atoms with Crippen molar-refractivity contribution in [2.75, 3.05) is 6.54 Å². The van der Waals surface area contributed by atoms with E-state index < -0.39 is 11.9 Å². The fourth-order valence-corrected chi connectivity index (χ4v) is 1.24. The predicted molar refractivity (Wildman–Crippen MR) is 48.0 cm³/mol. The second-order valence-electron chi connectivity index (χ2n) is 3.17. The summed E-state index contributed by atoms with van der Waals surface area (Å²) in [6.45, 7) is 0.223. The molecular weight excluding hydrogens is 186 g/mol. The van der Waals surface area contributed by atoms with Crippen molar-refractivity contribution in [1.82, 2.24) is 10.6 Å². The van der Waals surface area contributed by atoms with E-state index in [1.54, 1.807) is 0 Å². The van der Waals surface area contributed by atoms with E-state index in [4.69, 9.17) is 5.73 Å².